The highest BCUT2D eigenvalue weighted by molar-refractivity contribution is 6.09. The molecule has 1 aliphatic carbocycles. The minimum absolute atomic E-state index is 0.713. The summed E-state index contributed by atoms with van der Waals surface area (Å²) in [6, 6.07) is 55.8. The van der Waals surface area contributed by atoms with Gasteiger partial charge in [-0.25, -0.2) is 0 Å². The fraction of sp³-hybridized carbons (Fsp3) is 0.0370. The molecule has 0 saturated carbocycles. The zero-order chi connectivity index (χ0) is 38.1. The van der Waals surface area contributed by atoms with E-state index in [9.17, 15) is 0 Å². The first-order valence-electron chi connectivity index (χ1n) is 19.5. The van der Waals surface area contributed by atoms with Crippen molar-refractivity contribution in [3.63, 3.8) is 0 Å². The van der Waals surface area contributed by atoms with Crippen LogP contribution in [0.3, 0.4) is 0 Å². The molecule has 57 heavy (non-hydrogen) atoms. The number of furan rings is 2. The molecular formula is C54H39NO2. The van der Waals surface area contributed by atoms with Crippen molar-refractivity contribution in [2.24, 2.45) is 0 Å². The van der Waals surface area contributed by atoms with Gasteiger partial charge >= 0.3 is 0 Å². The molecule has 0 unspecified atom stereocenters. The Hall–Kier alpha value is -7.36. The standard InChI is InChI=1S/C54H39NO2/c1-2-14-41(18-11-15-37-29-31-39(32-30-37)44-22-12-17-38-16-3-4-19-43(38)44)55(49-25-7-10-28-52-53(49)48-21-6-9-27-51(48)56-52)42-35-33-40(34-36-42)45-23-13-24-47-46-20-5-8-26-50(46)57-54(45)47/h2-14,16-24,26-36H,1,15,25H2/b18-11-,41-14+. The van der Waals surface area contributed by atoms with E-state index in [1.165, 1.54) is 27.5 Å². The molecule has 0 spiro atoms. The second kappa shape index (κ2) is 14.7. The maximum atomic E-state index is 6.45. The molecule has 7 aromatic carbocycles. The van der Waals surface area contributed by atoms with Gasteiger partial charge in [0.15, 0.2) is 0 Å². The number of hydrogen-bond donors (Lipinski definition) is 0. The van der Waals surface area contributed by atoms with E-state index in [0.29, 0.717) is 6.42 Å². The van der Waals surface area contributed by atoms with E-state index in [0.717, 1.165) is 78.2 Å². The van der Waals surface area contributed by atoms with Crippen LogP contribution in [0.5, 0.6) is 0 Å². The zero-order valence-corrected chi connectivity index (χ0v) is 31.4. The second-order valence-corrected chi connectivity index (χ2v) is 14.4. The van der Waals surface area contributed by atoms with Crippen LogP contribution in [-0.2, 0) is 6.42 Å². The maximum Gasteiger partial charge on any atom is 0.143 e. The summed E-state index contributed by atoms with van der Waals surface area (Å²) in [4.78, 5) is 2.36. The predicted molar refractivity (Wildman–Crippen MR) is 239 cm³/mol. The Morgan fingerprint density at radius 3 is 2.09 bits per heavy atom. The van der Waals surface area contributed by atoms with Crippen LogP contribution in [0.15, 0.2) is 215 Å². The monoisotopic (exact) mass is 733 g/mol. The number of fused-ring (bicyclic) bond motifs is 7. The van der Waals surface area contributed by atoms with Crippen LogP contribution in [0, 0.1) is 0 Å². The van der Waals surface area contributed by atoms with Crippen molar-refractivity contribution >= 4 is 61.1 Å². The summed E-state index contributed by atoms with van der Waals surface area (Å²) >= 11 is 0. The molecule has 3 heteroatoms. The Morgan fingerprint density at radius 1 is 0.614 bits per heavy atom. The smallest absolute Gasteiger partial charge is 0.143 e. The minimum atomic E-state index is 0.713. The summed E-state index contributed by atoms with van der Waals surface area (Å²) in [6.45, 7) is 4.16. The number of para-hydroxylation sites is 3. The molecule has 2 aromatic heterocycles. The lowest BCUT2D eigenvalue weighted by molar-refractivity contribution is 0.575. The van der Waals surface area contributed by atoms with Crippen LogP contribution in [-0.4, -0.2) is 0 Å². The van der Waals surface area contributed by atoms with E-state index in [2.05, 4.69) is 181 Å². The topological polar surface area (TPSA) is 29.5 Å². The molecule has 0 atom stereocenters. The zero-order valence-electron chi connectivity index (χ0n) is 31.4. The van der Waals surface area contributed by atoms with Crippen LogP contribution < -0.4 is 15.5 Å². The lowest BCUT2D eigenvalue weighted by atomic mass is 9.97. The third-order valence-electron chi connectivity index (χ3n) is 11.0. The molecule has 0 N–H and O–H groups in total. The molecular weight excluding hydrogens is 695 g/mol. The van der Waals surface area contributed by atoms with Crippen molar-refractivity contribution in [2.75, 3.05) is 4.90 Å². The van der Waals surface area contributed by atoms with E-state index in [1.54, 1.807) is 0 Å². The molecule has 2 heterocycles. The summed E-state index contributed by atoms with van der Waals surface area (Å²) in [7, 11) is 0. The molecule has 3 nitrogen and oxygen atoms in total. The fourth-order valence-corrected chi connectivity index (χ4v) is 8.28. The first kappa shape index (κ1) is 34.2. The van der Waals surface area contributed by atoms with Gasteiger partial charge in [0.1, 0.15) is 22.2 Å². The lowest BCUT2D eigenvalue weighted by Crippen LogP contribution is -2.31. The molecule has 1 aliphatic rings. The van der Waals surface area contributed by atoms with Gasteiger partial charge in [0.25, 0.3) is 0 Å². The number of allylic oxidation sites excluding steroid dienone is 5. The highest BCUT2D eigenvalue weighted by atomic mass is 16.3. The SMILES string of the molecule is C=C/C=C(\C=C/Cc1ccc(-c2cccc3ccccc23)cc1)N(C1=c2c(oc3ccccc23)=CC=CC1)c1ccc(-c2cccc3c2oc2ccccc23)cc1. The molecule has 272 valence electrons. The summed E-state index contributed by atoms with van der Waals surface area (Å²) in [5, 5.41) is 6.95. The molecule has 0 fully saturated rings. The molecule has 0 radical (unpaired) electrons. The number of anilines is 1. The second-order valence-electron chi connectivity index (χ2n) is 14.4. The lowest BCUT2D eigenvalue weighted by Gasteiger charge is -2.28. The molecule has 0 bridgehead atoms. The van der Waals surface area contributed by atoms with Crippen molar-refractivity contribution in [2.45, 2.75) is 12.8 Å². The Kier molecular flexibility index (Phi) is 8.81. The molecule has 0 aliphatic heterocycles. The van der Waals surface area contributed by atoms with E-state index in [-0.39, 0.29) is 0 Å². The van der Waals surface area contributed by atoms with Gasteiger partial charge in [-0.1, -0.05) is 164 Å². The third kappa shape index (κ3) is 6.30. The largest absolute Gasteiger partial charge is 0.456 e. The van der Waals surface area contributed by atoms with Crippen LogP contribution in [0.2, 0.25) is 0 Å². The Bertz CT molecular complexity index is 3180. The van der Waals surface area contributed by atoms with Gasteiger partial charge in [-0.05, 0) is 81.9 Å². The van der Waals surface area contributed by atoms with Gasteiger partial charge in [-0.2, -0.15) is 0 Å². The summed E-state index contributed by atoms with van der Waals surface area (Å²) < 4.78 is 12.9. The highest BCUT2D eigenvalue weighted by Crippen LogP contribution is 2.37. The first-order chi connectivity index (χ1) is 28.2. The normalized spacial score (nSPS) is 13.1. The molecule has 0 saturated heterocycles. The summed E-state index contributed by atoms with van der Waals surface area (Å²) in [5.41, 5.74) is 12.6. The summed E-state index contributed by atoms with van der Waals surface area (Å²) in [5.74, 6) is 0. The van der Waals surface area contributed by atoms with Crippen molar-refractivity contribution in [1.82, 2.24) is 0 Å². The summed E-state index contributed by atoms with van der Waals surface area (Å²) in [6.07, 6.45) is 16.3. The quantitative estimate of drug-likeness (QED) is 0.138. The minimum Gasteiger partial charge on any atom is -0.456 e. The van der Waals surface area contributed by atoms with E-state index >= 15 is 0 Å². The van der Waals surface area contributed by atoms with Crippen LogP contribution >= 0.6 is 0 Å². The Morgan fingerprint density at radius 2 is 1.26 bits per heavy atom. The van der Waals surface area contributed by atoms with Gasteiger partial charge in [-0.3, -0.25) is 0 Å². The van der Waals surface area contributed by atoms with Crippen molar-refractivity contribution in [3.05, 3.63) is 223 Å². The predicted octanol–water partition coefficient (Wildman–Crippen LogP) is 13.0. The van der Waals surface area contributed by atoms with Gasteiger partial charge in [0, 0.05) is 50.4 Å². The van der Waals surface area contributed by atoms with Crippen molar-refractivity contribution in [1.29, 1.82) is 0 Å². The molecule has 0 amide bonds. The molecule has 10 rings (SSSR count). The average molecular weight is 734 g/mol. The number of benzene rings is 7. The number of rotatable bonds is 9. The van der Waals surface area contributed by atoms with Crippen molar-refractivity contribution in [3.8, 4) is 22.3 Å². The van der Waals surface area contributed by atoms with Crippen LogP contribution in [0.1, 0.15) is 12.0 Å². The maximum absolute atomic E-state index is 6.45. The Labute approximate surface area is 331 Å². The Balaban J connectivity index is 1.05. The first-order valence-corrected chi connectivity index (χ1v) is 19.5. The van der Waals surface area contributed by atoms with Gasteiger partial charge < -0.3 is 13.7 Å². The van der Waals surface area contributed by atoms with E-state index in [1.807, 2.05) is 30.3 Å². The van der Waals surface area contributed by atoms with Crippen LogP contribution in [0.4, 0.5) is 5.69 Å². The highest BCUT2D eigenvalue weighted by Gasteiger charge is 2.20. The van der Waals surface area contributed by atoms with Crippen molar-refractivity contribution < 1.29 is 8.83 Å². The fourth-order valence-electron chi connectivity index (χ4n) is 8.28. The van der Waals surface area contributed by atoms with E-state index in [4.69, 9.17) is 8.83 Å². The molecule has 9 aromatic rings. The van der Waals surface area contributed by atoms with Crippen LogP contribution in [0.25, 0.3) is 77.7 Å². The number of nitrogens with zero attached hydrogens (tertiary/aromatic N) is 1. The van der Waals surface area contributed by atoms with Gasteiger partial charge in [0.05, 0.1) is 0 Å². The third-order valence-corrected chi connectivity index (χ3v) is 11.0. The number of hydrogen-bond acceptors (Lipinski definition) is 3. The van der Waals surface area contributed by atoms with E-state index < -0.39 is 0 Å². The van der Waals surface area contributed by atoms with Gasteiger partial charge in [0.2, 0.25) is 0 Å². The average Bonchev–Trinajstić information content (AvgIpc) is 3.76. The van der Waals surface area contributed by atoms with Gasteiger partial charge in [-0.15, -0.1) is 0 Å².